The van der Waals surface area contributed by atoms with E-state index in [2.05, 4.69) is 31.0 Å². The minimum Gasteiger partial charge on any atom is -0.330 e. The predicted octanol–water partition coefficient (Wildman–Crippen LogP) is 0.513. The topological polar surface area (TPSA) is 41.3 Å². The highest BCUT2D eigenvalue weighted by Gasteiger charge is 2.25. The fourth-order valence-corrected chi connectivity index (χ4v) is 1.91. The average molecular weight is 199 g/mol. The molecule has 0 bridgehead atoms. The summed E-state index contributed by atoms with van der Waals surface area (Å²) in [6.07, 6.45) is 0. The van der Waals surface area contributed by atoms with Gasteiger partial charge >= 0.3 is 0 Å². The quantitative estimate of drug-likeness (QED) is 0.696. The lowest BCUT2D eigenvalue weighted by molar-refractivity contribution is 0.142. The van der Waals surface area contributed by atoms with Crippen molar-refractivity contribution in [2.24, 2.45) is 17.1 Å². The molecule has 1 unspecified atom stereocenters. The Hall–Kier alpha value is -0.120. The monoisotopic (exact) mass is 199 g/mol. The summed E-state index contributed by atoms with van der Waals surface area (Å²) >= 11 is 0. The van der Waals surface area contributed by atoms with Crippen molar-refractivity contribution in [3.63, 3.8) is 0 Å². The van der Waals surface area contributed by atoms with Gasteiger partial charge in [0.2, 0.25) is 0 Å². The summed E-state index contributed by atoms with van der Waals surface area (Å²) in [5.41, 5.74) is 6.17. The van der Waals surface area contributed by atoms with Crippen molar-refractivity contribution in [2.75, 3.05) is 39.3 Å². The van der Waals surface area contributed by atoms with Crippen LogP contribution in [0.3, 0.4) is 0 Å². The van der Waals surface area contributed by atoms with Gasteiger partial charge in [0.15, 0.2) is 0 Å². The van der Waals surface area contributed by atoms with Crippen LogP contribution in [0.5, 0.6) is 0 Å². The van der Waals surface area contributed by atoms with E-state index < -0.39 is 0 Å². The van der Waals surface area contributed by atoms with Gasteiger partial charge in [0, 0.05) is 32.7 Å². The second-order valence-electron chi connectivity index (χ2n) is 5.35. The van der Waals surface area contributed by atoms with Gasteiger partial charge < -0.3 is 16.0 Å². The zero-order valence-corrected chi connectivity index (χ0v) is 9.84. The minimum absolute atomic E-state index is 0.333. The van der Waals surface area contributed by atoms with Crippen molar-refractivity contribution in [2.45, 2.75) is 20.8 Å². The molecule has 0 saturated carbocycles. The highest BCUT2D eigenvalue weighted by atomic mass is 15.2. The van der Waals surface area contributed by atoms with Crippen LogP contribution in [-0.4, -0.2) is 44.2 Å². The van der Waals surface area contributed by atoms with Gasteiger partial charge in [-0.25, -0.2) is 0 Å². The van der Waals surface area contributed by atoms with Gasteiger partial charge in [0.05, 0.1) is 0 Å². The first kappa shape index (κ1) is 12.0. The van der Waals surface area contributed by atoms with E-state index in [9.17, 15) is 0 Å². The number of nitrogens with zero attached hydrogens (tertiary/aromatic N) is 1. The van der Waals surface area contributed by atoms with Gasteiger partial charge in [-0.1, -0.05) is 20.8 Å². The van der Waals surface area contributed by atoms with E-state index >= 15 is 0 Å². The van der Waals surface area contributed by atoms with E-state index in [0.717, 1.165) is 26.2 Å². The molecular weight excluding hydrogens is 174 g/mol. The number of hydrogen-bond acceptors (Lipinski definition) is 3. The molecule has 14 heavy (non-hydrogen) atoms. The van der Waals surface area contributed by atoms with Gasteiger partial charge in [-0.3, -0.25) is 0 Å². The average Bonchev–Trinajstić information content (AvgIpc) is 2.14. The summed E-state index contributed by atoms with van der Waals surface area (Å²) in [5.74, 6) is 0.612. The van der Waals surface area contributed by atoms with Gasteiger partial charge in [-0.2, -0.15) is 0 Å². The highest BCUT2D eigenvalue weighted by molar-refractivity contribution is 4.79. The first-order chi connectivity index (χ1) is 6.54. The molecule has 0 amide bonds. The summed E-state index contributed by atoms with van der Waals surface area (Å²) < 4.78 is 0. The number of nitrogens with one attached hydrogen (secondary N) is 1. The van der Waals surface area contributed by atoms with Crippen molar-refractivity contribution < 1.29 is 0 Å². The van der Waals surface area contributed by atoms with E-state index in [1.54, 1.807) is 0 Å². The molecule has 1 aliphatic rings. The molecule has 84 valence electrons. The van der Waals surface area contributed by atoms with Crippen LogP contribution in [0, 0.1) is 11.3 Å². The third-order valence-electron chi connectivity index (χ3n) is 3.20. The first-order valence-corrected chi connectivity index (χ1v) is 5.67. The summed E-state index contributed by atoms with van der Waals surface area (Å²) in [7, 11) is 0. The van der Waals surface area contributed by atoms with E-state index in [1.807, 2.05) is 0 Å². The molecule has 0 aromatic carbocycles. The van der Waals surface area contributed by atoms with Gasteiger partial charge in [0.1, 0.15) is 0 Å². The summed E-state index contributed by atoms with van der Waals surface area (Å²) in [4.78, 5) is 2.53. The third-order valence-corrected chi connectivity index (χ3v) is 3.20. The Balaban J connectivity index is 2.39. The molecule has 0 radical (unpaired) electrons. The van der Waals surface area contributed by atoms with E-state index in [0.29, 0.717) is 11.3 Å². The number of rotatable bonds is 3. The molecule has 3 nitrogen and oxygen atoms in total. The Bertz CT molecular complexity index is 156. The third kappa shape index (κ3) is 3.56. The second kappa shape index (κ2) is 5.10. The molecule has 3 N–H and O–H groups in total. The summed E-state index contributed by atoms with van der Waals surface area (Å²) in [6, 6.07) is 0. The van der Waals surface area contributed by atoms with Crippen LogP contribution < -0.4 is 11.1 Å². The van der Waals surface area contributed by atoms with E-state index in [4.69, 9.17) is 5.73 Å². The van der Waals surface area contributed by atoms with Crippen molar-refractivity contribution in [3.8, 4) is 0 Å². The molecular formula is C11H25N3. The Morgan fingerprint density at radius 2 is 1.86 bits per heavy atom. The van der Waals surface area contributed by atoms with Crippen molar-refractivity contribution in [3.05, 3.63) is 0 Å². The standard InChI is InChI=1S/C11H25N3/c1-11(2,3)10(8-12)9-14-6-4-13-5-7-14/h10,13H,4-9,12H2,1-3H3. The maximum atomic E-state index is 5.83. The number of nitrogens with two attached hydrogens (primary N) is 1. The van der Waals surface area contributed by atoms with E-state index in [1.165, 1.54) is 13.1 Å². The van der Waals surface area contributed by atoms with Crippen LogP contribution in [0.2, 0.25) is 0 Å². The maximum Gasteiger partial charge on any atom is 0.0107 e. The molecule has 0 aliphatic carbocycles. The molecule has 0 aromatic heterocycles. The maximum absolute atomic E-state index is 5.83. The molecule has 1 rings (SSSR count). The Morgan fingerprint density at radius 1 is 1.29 bits per heavy atom. The van der Waals surface area contributed by atoms with Gasteiger partial charge in [-0.05, 0) is 17.9 Å². The van der Waals surface area contributed by atoms with Crippen molar-refractivity contribution >= 4 is 0 Å². The molecule has 0 spiro atoms. The minimum atomic E-state index is 0.333. The molecule has 1 saturated heterocycles. The summed E-state index contributed by atoms with van der Waals surface area (Å²) in [6.45, 7) is 13.4. The Kier molecular flexibility index (Phi) is 4.35. The first-order valence-electron chi connectivity index (χ1n) is 5.67. The Morgan fingerprint density at radius 3 is 2.29 bits per heavy atom. The molecule has 0 aromatic rings. The fraction of sp³-hybridized carbons (Fsp3) is 1.00. The highest BCUT2D eigenvalue weighted by Crippen LogP contribution is 2.25. The van der Waals surface area contributed by atoms with Crippen LogP contribution in [0.4, 0.5) is 0 Å². The van der Waals surface area contributed by atoms with Crippen LogP contribution in [0.1, 0.15) is 20.8 Å². The SMILES string of the molecule is CC(C)(C)C(CN)CN1CCNCC1. The van der Waals surface area contributed by atoms with Gasteiger partial charge in [-0.15, -0.1) is 0 Å². The second-order valence-corrected chi connectivity index (χ2v) is 5.35. The fourth-order valence-electron chi connectivity index (χ4n) is 1.91. The van der Waals surface area contributed by atoms with Crippen LogP contribution in [-0.2, 0) is 0 Å². The molecule has 1 aliphatic heterocycles. The lowest BCUT2D eigenvalue weighted by Gasteiger charge is -2.36. The molecule has 1 atom stereocenters. The number of piperazine rings is 1. The molecule has 1 fully saturated rings. The number of hydrogen-bond donors (Lipinski definition) is 2. The van der Waals surface area contributed by atoms with E-state index in [-0.39, 0.29) is 0 Å². The lowest BCUT2D eigenvalue weighted by Crippen LogP contribution is -2.48. The normalized spacial score (nSPS) is 22.3. The van der Waals surface area contributed by atoms with Crippen LogP contribution >= 0.6 is 0 Å². The summed E-state index contributed by atoms with van der Waals surface area (Å²) in [5, 5.41) is 3.37. The zero-order valence-electron chi connectivity index (χ0n) is 9.84. The van der Waals surface area contributed by atoms with Crippen LogP contribution in [0.15, 0.2) is 0 Å². The largest absolute Gasteiger partial charge is 0.330 e. The van der Waals surface area contributed by atoms with Crippen LogP contribution in [0.25, 0.3) is 0 Å². The van der Waals surface area contributed by atoms with Gasteiger partial charge in [0.25, 0.3) is 0 Å². The van der Waals surface area contributed by atoms with Crippen molar-refractivity contribution in [1.29, 1.82) is 0 Å². The predicted molar refractivity (Wildman–Crippen MR) is 61.3 cm³/mol. The van der Waals surface area contributed by atoms with Crippen molar-refractivity contribution in [1.82, 2.24) is 10.2 Å². The molecule has 1 heterocycles. The lowest BCUT2D eigenvalue weighted by atomic mass is 9.80. The smallest absolute Gasteiger partial charge is 0.0107 e. The molecule has 3 heteroatoms. The Labute approximate surface area is 88.0 Å². The zero-order chi connectivity index (χ0) is 10.6.